The molecule has 4 nitrogen and oxygen atoms in total. The summed E-state index contributed by atoms with van der Waals surface area (Å²) in [4.78, 5) is 16.1. The normalized spacial score (nSPS) is 27.1. The van der Waals surface area contributed by atoms with Crippen molar-refractivity contribution >= 4 is 5.97 Å². The van der Waals surface area contributed by atoms with Crippen molar-refractivity contribution in [3.05, 3.63) is 0 Å². The van der Waals surface area contributed by atoms with E-state index in [0.717, 1.165) is 58.4 Å². The van der Waals surface area contributed by atoms with Crippen LogP contribution < -0.4 is 0 Å². The van der Waals surface area contributed by atoms with Crippen LogP contribution in [0, 0.1) is 0 Å². The molecule has 1 aliphatic carbocycles. The number of carboxylic acids is 1. The third kappa shape index (κ3) is 1.96. The van der Waals surface area contributed by atoms with Gasteiger partial charge in [-0.1, -0.05) is 19.8 Å². The van der Waals surface area contributed by atoms with E-state index in [1.807, 2.05) is 0 Å². The van der Waals surface area contributed by atoms with Crippen LogP contribution in [0.3, 0.4) is 0 Å². The maximum absolute atomic E-state index is 11.5. The molecule has 92 valence electrons. The number of likely N-dealkylation sites (N-methyl/N-ethyl adjacent to an activating group) is 1. The zero-order chi connectivity index (χ0) is 11.6. The van der Waals surface area contributed by atoms with Crippen molar-refractivity contribution in [2.75, 3.05) is 32.7 Å². The second kappa shape index (κ2) is 4.72. The first kappa shape index (κ1) is 11.9. The molecule has 1 aliphatic heterocycles. The minimum absolute atomic E-state index is 0.528. The highest BCUT2D eigenvalue weighted by Gasteiger charge is 2.46. The topological polar surface area (TPSA) is 43.8 Å². The Morgan fingerprint density at radius 3 is 2.19 bits per heavy atom. The molecule has 0 aromatic carbocycles. The summed E-state index contributed by atoms with van der Waals surface area (Å²) in [7, 11) is 0. The van der Waals surface area contributed by atoms with E-state index < -0.39 is 11.5 Å². The molecular formula is C12H22N2O2. The van der Waals surface area contributed by atoms with Gasteiger partial charge >= 0.3 is 5.97 Å². The number of carboxylic acid groups (broad SMARTS) is 1. The molecule has 1 saturated heterocycles. The molecule has 2 fully saturated rings. The fraction of sp³-hybridized carbons (Fsp3) is 0.917. The highest BCUT2D eigenvalue weighted by molar-refractivity contribution is 5.79. The SMILES string of the molecule is CCN1CCN(C2(C(=O)O)CCCC2)CC1. The van der Waals surface area contributed by atoms with Crippen molar-refractivity contribution < 1.29 is 9.90 Å². The zero-order valence-electron chi connectivity index (χ0n) is 10.1. The summed E-state index contributed by atoms with van der Waals surface area (Å²) >= 11 is 0. The molecule has 4 heteroatoms. The van der Waals surface area contributed by atoms with Crippen LogP contribution in [-0.2, 0) is 4.79 Å². The second-order valence-corrected chi connectivity index (χ2v) is 4.97. The summed E-state index contributed by atoms with van der Waals surface area (Å²) in [6, 6.07) is 0. The van der Waals surface area contributed by atoms with Crippen molar-refractivity contribution in [3.8, 4) is 0 Å². The van der Waals surface area contributed by atoms with Gasteiger partial charge in [0.1, 0.15) is 5.54 Å². The van der Waals surface area contributed by atoms with Crippen LogP contribution in [0.4, 0.5) is 0 Å². The van der Waals surface area contributed by atoms with E-state index in [4.69, 9.17) is 0 Å². The van der Waals surface area contributed by atoms with E-state index in [1.54, 1.807) is 0 Å². The Morgan fingerprint density at radius 2 is 1.75 bits per heavy atom. The van der Waals surface area contributed by atoms with E-state index in [1.165, 1.54) is 0 Å². The third-order valence-corrected chi connectivity index (χ3v) is 4.25. The lowest BCUT2D eigenvalue weighted by molar-refractivity contribution is -0.152. The summed E-state index contributed by atoms with van der Waals surface area (Å²) in [5, 5.41) is 9.48. The minimum Gasteiger partial charge on any atom is -0.480 e. The Labute approximate surface area is 97.2 Å². The Hall–Kier alpha value is -0.610. The second-order valence-electron chi connectivity index (χ2n) is 4.97. The van der Waals surface area contributed by atoms with E-state index in [0.29, 0.717) is 0 Å². The summed E-state index contributed by atoms with van der Waals surface area (Å²) < 4.78 is 0. The number of rotatable bonds is 3. The molecule has 0 amide bonds. The van der Waals surface area contributed by atoms with Gasteiger partial charge in [0.05, 0.1) is 0 Å². The first-order valence-corrected chi connectivity index (χ1v) is 6.40. The molecule has 0 radical (unpaired) electrons. The van der Waals surface area contributed by atoms with Crippen molar-refractivity contribution in [1.82, 2.24) is 9.80 Å². The van der Waals surface area contributed by atoms with E-state index in [2.05, 4.69) is 16.7 Å². The number of carbonyl (C=O) groups is 1. The Morgan fingerprint density at radius 1 is 1.19 bits per heavy atom. The predicted molar refractivity (Wildman–Crippen MR) is 62.5 cm³/mol. The average molecular weight is 226 g/mol. The van der Waals surface area contributed by atoms with Crippen LogP contribution in [0.25, 0.3) is 0 Å². The molecule has 1 saturated carbocycles. The molecule has 16 heavy (non-hydrogen) atoms. The summed E-state index contributed by atoms with van der Waals surface area (Å²) in [6.07, 6.45) is 3.82. The van der Waals surface area contributed by atoms with E-state index in [9.17, 15) is 9.90 Å². The largest absolute Gasteiger partial charge is 0.480 e. The number of hydrogen-bond acceptors (Lipinski definition) is 3. The summed E-state index contributed by atoms with van der Waals surface area (Å²) in [6.45, 7) is 7.11. The highest BCUT2D eigenvalue weighted by Crippen LogP contribution is 2.36. The van der Waals surface area contributed by atoms with Gasteiger partial charge in [-0.05, 0) is 19.4 Å². The average Bonchev–Trinajstić information content (AvgIpc) is 2.79. The van der Waals surface area contributed by atoms with Gasteiger partial charge in [-0.15, -0.1) is 0 Å². The van der Waals surface area contributed by atoms with Crippen LogP contribution in [-0.4, -0.2) is 59.1 Å². The fourth-order valence-corrected chi connectivity index (χ4v) is 3.12. The Bertz CT molecular complexity index is 254. The lowest BCUT2D eigenvalue weighted by atomic mass is 9.94. The van der Waals surface area contributed by atoms with Crippen molar-refractivity contribution in [2.45, 2.75) is 38.1 Å². The van der Waals surface area contributed by atoms with Crippen LogP contribution in [0.5, 0.6) is 0 Å². The first-order chi connectivity index (χ1) is 7.69. The Balaban J connectivity index is 2.03. The summed E-state index contributed by atoms with van der Waals surface area (Å²) in [5.74, 6) is -0.602. The van der Waals surface area contributed by atoms with Gasteiger partial charge in [0.25, 0.3) is 0 Å². The number of aliphatic carboxylic acids is 1. The lowest BCUT2D eigenvalue weighted by Crippen LogP contribution is -2.59. The first-order valence-electron chi connectivity index (χ1n) is 6.40. The van der Waals surface area contributed by atoms with E-state index in [-0.39, 0.29) is 0 Å². The smallest absolute Gasteiger partial charge is 0.324 e. The molecule has 0 bridgehead atoms. The standard InChI is InChI=1S/C12H22N2O2/c1-2-13-7-9-14(10-8-13)12(11(15)16)5-3-4-6-12/h2-10H2,1H3,(H,15,16). The molecule has 0 spiro atoms. The molecule has 2 aliphatic rings. The van der Waals surface area contributed by atoms with E-state index >= 15 is 0 Å². The molecule has 0 aromatic rings. The molecule has 2 rings (SSSR count). The third-order valence-electron chi connectivity index (χ3n) is 4.25. The quantitative estimate of drug-likeness (QED) is 0.780. The van der Waals surface area contributed by atoms with Crippen molar-refractivity contribution in [3.63, 3.8) is 0 Å². The molecule has 0 unspecified atom stereocenters. The van der Waals surface area contributed by atoms with Crippen molar-refractivity contribution in [2.24, 2.45) is 0 Å². The number of nitrogens with zero attached hydrogens (tertiary/aromatic N) is 2. The lowest BCUT2D eigenvalue weighted by Gasteiger charge is -2.43. The molecule has 0 atom stereocenters. The highest BCUT2D eigenvalue weighted by atomic mass is 16.4. The van der Waals surface area contributed by atoms with Gasteiger partial charge in [-0.3, -0.25) is 9.69 Å². The van der Waals surface area contributed by atoms with Crippen molar-refractivity contribution in [1.29, 1.82) is 0 Å². The van der Waals surface area contributed by atoms with Crippen LogP contribution >= 0.6 is 0 Å². The van der Waals surface area contributed by atoms with Gasteiger partial charge in [0.2, 0.25) is 0 Å². The van der Waals surface area contributed by atoms with Crippen LogP contribution in [0.1, 0.15) is 32.6 Å². The molecular weight excluding hydrogens is 204 g/mol. The van der Waals surface area contributed by atoms with Crippen LogP contribution in [0.2, 0.25) is 0 Å². The van der Waals surface area contributed by atoms with Gasteiger partial charge < -0.3 is 10.0 Å². The van der Waals surface area contributed by atoms with Gasteiger partial charge in [-0.2, -0.15) is 0 Å². The zero-order valence-corrected chi connectivity index (χ0v) is 10.1. The molecule has 1 heterocycles. The van der Waals surface area contributed by atoms with Gasteiger partial charge in [0, 0.05) is 26.2 Å². The minimum atomic E-state index is -0.602. The monoisotopic (exact) mass is 226 g/mol. The van der Waals surface area contributed by atoms with Crippen LogP contribution in [0.15, 0.2) is 0 Å². The van der Waals surface area contributed by atoms with Gasteiger partial charge in [0.15, 0.2) is 0 Å². The fourth-order valence-electron chi connectivity index (χ4n) is 3.12. The summed E-state index contributed by atoms with van der Waals surface area (Å²) in [5.41, 5.74) is -0.528. The Kier molecular flexibility index (Phi) is 3.50. The molecule has 1 N–H and O–H groups in total. The number of hydrogen-bond donors (Lipinski definition) is 1. The molecule has 0 aromatic heterocycles. The van der Waals surface area contributed by atoms with Gasteiger partial charge in [-0.25, -0.2) is 0 Å². The maximum atomic E-state index is 11.5. The number of piperazine rings is 1. The predicted octanol–water partition coefficient (Wildman–Crippen LogP) is 1.02. The maximum Gasteiger partial charge on any atom is 0.324 e.